The van der Waals surface area contributed by atoms with Crippen LogP contribution in [-0.4, -0.2) is 20.4 Å². The number of anilines is 1. The maximum Gasteiger partial charge on any atom is 0.251 e. The van der Waals surface area contributed by atoms with Gasteiger partial charge in [0.25, 0.3) is 5.91 Å². The first-order valence-electron chi connectivity index (χ1n) is 7.26. The molecule has 1 aliphatic heterocycles. The summed E-state index contributed by atoms with van der Waals surface area (Å²) in [5.41, 5.74) is 2.13. The van der Waals surface area contributed by atoms with Crippen LogP contribution in [0.2, 0.25) is 5.02 Å². The van der Waals surface area contributed by atoms with Crippen molar-refractivity contribution in [2.45, 2.75) is 23.9 Å². The number of para-hydroxylation sites is 1. The van der Waals surface area contributed by atoms with Gasteiger partial charge in [-0.2, -0.15) is 0 Å². The average molecular weight is 366 g/mol. The number of hydrogen-bond donors (Lipinski definition) is 3. The zero-order valence-electron chi connectivity index (χ0n) is 12.8. The van der Waals surface area contributed by atoms with Gasteiger partial charge in [-0.25, -0.2) is 13.6 Å². The second kappa shape index (κ2) is 6.08. The van der Waals surface area contributed by atoms with E-state index in [9.17, 15) is 13.2 Å². The molecular weight excluding hydrogens is 350 g/mol. The van der Waals surface area contributed by atoms with Crippen molar-refractivity contribution in [2.24, 2.45) is 5.14 Å². The second-order valence-electron chi connectivity index (χ2n) is 5.66. The van der Waals surface area contributed by atoms with Gasteiger partial charge in [-0.05, 0) is 36.8 Å². The Morgan fingerprint density at radius 2 is 1.96 bits per heavy atom. The molecule has 4 N–H and O–H groups in total. The number of nitrogens with one attached hydrogen (secondary N) is 2. The summed E-state index contributed by atoms with van der Waals surface area (Å²) in [7, 11) is -4.00. The Kier molecular flexibility index (Phi) is 4.25. The number of nitrogens with two attached hydrogens (primary N) is 1. The molecule has 3 rings (SSSR count). The van der Waals surface area contributed by atoms with Crippen molar-refractivity contribution in [1.82, 2.24) is 5.32 Å². The molecular formula is C16H16ClN3O3S. The van der Waals surface area contributed by atoms with Crippen LogP contribution in [0.15, 0.2) is 47.4 Å². The van der Waals surface area contributed by atoms with Crippen LogP contribution in [0.3, 0.4) is 0 Å². The molecule has 1 aliphatic rings. The summed E-state index contributed by atoms with van der Waals surface area (Å²) < 4.78 is 23.1. The summed E-state index contributed by atoms with van der Waals surface area (Å²) in [5, 5.41) is 11.3. The number of rotatable bonds is 3. The largest absolute Gasteiger partial charge is 0.380 e. The molecule has 0 bridgehead atoms. The number of benzene rings is 2. The van der Waals surface area contributed by atoms with Crippen LogP contribution < -0.4 is 15.8 Å². The van der Waals surface area contributed by atoms with E-state index in [1.807, 2.05) is 31.2 Å². The van der Waals surface area contributed by atoms with E-state index >= 15 is 0 Å². The number of carbonyl (C=O) groups is 1. The van der Waals surface area contributed by atoms with Gasteiger partial charge < -0.3 is 10.6 Å². The highest BCUT2D eigenvalue weighted by Crippen LogP contribution is 2.34. The lowest BCUT2D eigenvalue weighted by Gasteiger charge is -2.18. The van der Waals surface area contributed by atoms with Crippen LogP contribution in [0.1, 0.15) is 28.9 Å². The minimum absolute atomic E-state index is 0.0105. The molecule has 0 radical (unpaired) electrons. The number of carbonyl (C=O) groups excluding carboxylic acids is 1. The number of amides is 1. The topological polar surface area (TPSA) is 101 Å². The average Bonchev–Trinajstić information content (AvgIpc) is 2.82. The molecule has 0 saturated carbocycles. The number of sulfonamides is 1. The standard InChI is InChI=1S/C16H16ClN3O3S/c1-9-15(11-4-2-3-5-13(11)19-9)20-16(21)10-6-7-12(17)14(8-10)24(18,22)23/h2-9,15,19H,1H3,(H,20,21)(H2,18,22,23)/t9-,15-/m1/s1. The number of hydrogen-bond acceptors (Lipinski definition) is 4. The molecule has 0 aliphatic carbocycles. The lowest BCUT2D eigenvalue weighted by atomic mass is 10.0. The Balaban J connectivity index is 1.89. The van der Waals surface area contributed by atoms with Gasteiger partial charge in [0, 0.05) is 17.3 Å². The molecule has 2 atom stereocenters. The fourth-order valence-corrected chi connectivity index (χ4v) is 3.86. The monoisotopic (exact) mass is 365 g/mol. The van der Waals surface area contributed by atoms with Gasteiger partial charge in [0.05, 0.1) is 11.1 Å². The zero-order chi connectivity index (χ0) is 17.5. The molecule has 0 fully saturated rings. The zero-order valence-corrected chi connectivity index (χ0v) is 14.4. The van der Waals surface area contributed by atoms with Crippen LogP contribution in [0.4, 0.5) is 5.69 Å². The Labute approximate surface area is 145 Å². The van der Waals surface area contributed by atoms with Crippen molar-refractivity contribution in [2.75, 3.05) is 5.32 Å². The van der Waals surface area contributed by atoms with E-state index in [2.05, 4.69) is 10.6 Å². The van der Waals surface area contributed by atoms with Gasteiger partial charge in [0.1, 0.15) is 4.90 Å². The molecule has 0 unspecified atom stereocenters. The van der Waals surface area contributed by atoms with Crippen LogP contribution in [0, 0.1) is 0 Å². The Morgan fingerprint density at radius 1 is 1.25 bits per heavy atom. The molecule has 1 heterocycles. The molecule has 2 aromatic carbocycles. The second-order valence-corrected chi connectivity index (χ2v) is 7.60. The van der Waals surface area contributed by atoms with Crippen LogP contribution in [-0.2, 0) is 10.0 Å². The molecule has 1 amide bonds. The van der Waals surface area contributed by atoms with Crippen molar-refractivity contribution in [3.8, 4) is 0 Å². The quantitative estimate of drug-likeness (QED) is 0.776. The normalized spacial score (nSPS) is 19.5. The SMILES string of the molecule is C[C@H]1Nc2ccccc2[C@@H]1NC(=O)c1ccc(Cl)c(S(N)(=O)=O)c1. The molecule has 24 heavy (non-hydrogen) atoms. The summed E-state index contributed by atoms with van der Waals surface area (Å²) in [6.07, 6.45) is 0. The predicted molar refractivity (Wildman–Crippen MR) is 92.6 cm³/mol. The van der Waals surface area contributed by atoms with E-state index in [1.165, 1.54) is 18.2 Å². The number of fused-ring (bicyclic) bond motifs is 1. The minimum atomic E-state index is -4.00. The van der Waals surface area contributed by atoms with Crippen LogP contribution >= 0.6 is 11.6 Å². The molecule has 0 saturated heterocycles. The molecule has 8 heteroatoms. The van der Waals surface area contributed by atoms with E-state index in [1.54, 1.807) is 0 Å². The maximum absolute atomic E-state index is 12.5. The first-order chi connectivity index (χ1) is 11.3. The van der Waals surface area contributed by atoms with Crippen molar-refractivity contribution in [3.63, 3.8) is 0 Å². The lowest BCUT2D eigenvalue weighted by molar-refractivity contribution is 0.0934. The summed E-state index contributed by atoms with van der Waals surface area (Å²) in [6, 6.07) is 11.5. The van der Waals surface area contributed by atoms with Crippen molar-refractivity contribution in [3.05, 3.63) is 58.6 Å². The molecule has 2 aromatic rings. The summed E-state index contributed by atoms with van der Waals surface area (Å²) in [5.74, 6) is -0.396. The van der Waals surface area contributed by atoms with E-state index in [-0.39, 0.29) is 27.6 Å². The summed E-state index contributed by atoms with van der Waals surface area (Å²) in [6.45, 7) is 1.96. The minimum Gasteiger partial charge on any atom is -0.380 e. The highest BCUT2D eigenvalue weighted by atomic mass is 35.5. The Hall–Kier alpha value is -2.09. The first kappa shape index (κ1) is 16.8. The summed E-state index contributed by atoms with van der Waals surface area (Å²) in [4.78, 5) is 12.3. The van der Waals surface area contributed by atoms with Crippen LogP contribution in [0.5, 0.6) is 0 Å². The van der Waals surface area contributed by atoms with E-state index in [0.29, 0.717) is 0 Å². The number of halogens is 1. The molecule has 6 nitrogen and oxygen atoms in total. The highest BCUT2D eigenvalue weighted by molar-refractivity contribution is 7.89. The van der Waals surface area contributed by atoms with E-state index < -0.39 is 15.9 Å². The van der Waals surface area contributed by atoms with Crippen molar-refractivity contribution in [1.29, 1.82) is 0 Å². The van der Waals surface area contributed by atoms with Gasteiger partial charge in [0.2, 0.25) is 10.0 Å². The van der Waals surface area contributed by atoms with Crippen LogP contribution in [0.25, 0.3) is 0 Å². The van der Waals surface area contributed by atoms with Gasteiger partial charge in [-0.3, -0.25) is 4.79 Å². The summed E-state index contributed by atoms with van der Waals surface area (Å²) >= 11 is 5.85. The van der Waals surface area contributed by atoms with Crippen molar-refractivity contribution < 1.29 is 13.2 Å². The Bertz CT molecular complexity index is 915. The van der Waals surface area contributed by atoms with Gasteiger partial charge in [0.15, 0.2) is 0 Å². The third-order valence-corrected chi connectivity index (χ3v) is 5.36. The van der Waals surface area contributed by atoms with Gasteiger partial charge in [-0.15, -0.1) is 0 Å². The molecule has 0 aromatic heterocycles. The fourth-order valence-electron chi connectivity index (χ4n) is 2.79. The Morgan fingerprint density at radius 3 is 2.67 bits per heavy atom. The molecule has 0 spiro atoms. The number of primary sulfonamides is 1. The first-order valence-corrected chi connectivity index (χ1v) is 9.18. The maximum atomic E-state index is 12.5. The third kappa shape index (κ3) is 3.10. The van der Waals surface area contributed by atoms with Crippen molar-refractivity contribution >= 4 is 33.2 Å². The lowest BCUT2D eigenvalue weighted by Crippen LogP contribution is -2.34. The van der Waals surface area contributed by atoms with E-state index in [4.69, 9.17) is 16.7 Å². The highest BCUT2D eigenvalue weighted by Gasteiger charge is 2.30. The van der Waals surface area contributed by atoms with Gasteiger partial charge in [-0.1, -0.05) is 29.8 Å². The third-order valence-electron chi connectivity index (χ3n) is 3.97. The smallest absolute Gasteiger partial charge is 0.251 e. The fraction of sp³-hybridized carbons (Fsp3) is 0.188. The van der Waals surface area contributed by atoms with Gasteiger partial charge >= 0.3 is 0 Å². The molecule has 126 valence electrons. The predicted octanol–water partition coefficient (Wildman–Crippen LogP) is 2.27. The van der Waals surface area contributed by atoms with E-state index in [0.717, 1.165) is 11.3 Å².